The Hall–Kier alpha value is -1.59. The van der Waals surface area contributed by atoms with Gasteiger partial charge in [0, 0.05) is 6.92 Å². The van der Waals surface area contributed by atoms with E-state index in [9.17, 15) is 4.79 Å². The zero-order valence-corrected chi connectivity index (χ0v) is 6.30. The van der Waals surface area contributed by atoms with E-state index >= 15 is 0 Å². The average Bonchev–Trinajstić information content (AvgIpc) is 2.31. The number of aromatic nitrogens is 3. The number of hydrogen-bond donors (Lipinski definition) is 3. The number of nitrogens with zero attached hydrogens (tertiary/aromatic N) is 2. The number of hydrazine groups is 1. The topological polar surface area (TPSA) is 82.7 Å². The van der Waals surface area contributed by atoms with Gasteiger partial charge in [0.2, 0.25) is 5.91 Å². The fourth-order valence-corrected chi connectivity index (χ4v) is 0.543. The van der Waals surface area contributed by atoms with Gasteiger partial charge in [-0.1, -0.05) is 0 Å². The van der Waals surface area contributed by atoms with Gasteiger partial charge in [-0.2, -0.15) is 4.98 Å². The number of carbonyl (C=O) groups excluding carboxylic acids is 1. The first-order valence-electron chi connectivity index (χ1n) is 3.10. The first kappa shape index (κ1) is 7.52. The SMILES string of the molecule is CC(=O)NNc1n[nH]c(C)n1. The van der Waals surface area contributed by atoms with Gasteiger partial charge >= 0.3 is 0 Å². The molecule has 0 aliphatic carbocycles. The van der Waals surface area contributed by atoms with Crippen LogP contribution in [0.1, 0.15) is 12.7 Å². The summed E-state index contributed by atoms with van der Waals surface area (Å²) in [4.78, 5) is 14.3. The number of amides is 1. The van der Waals surface area contributed by atoms with Crippen molar-refractivity contribution in [3.05, 3.63) is 5.82 Å². The highest BCUT2D eigenvalue weighted by Crippen LogP contribution is 1.92. The Balaban J connectivity index is 2.45. The molecule has 0 aliphatic heterocycles. The molecule has 0 aromatic carbocycles. The van der Waals surface area contributed by atoms with E-state index in [-0.39, 0.29) is 5.91 Å². The molecule has 0 spiro atoms. The molecule has 0 atom stereocenters. The lowest BCUT2D eigenvalue weighted by Crippen LogP contribution is -2.27. The van der Waals surface area contributed by atoms with Crippen LogP contribution in [0.4, 0.5) is 5.95 Å². The molecule has 1 aromatic rings. The zero-order chi connectivity index (χ0) is 8.27. The van der Waals surface area contributed by atoms with Gasteiger partial charge < -0.3 is 0 Å². The molecule has 0 bridgehead atoms. The summed E-state index contributed by atoms with van der Waals surface area (Å²) in [5, 5.41) is 6.34. The van der Waals surface area contributed by atoms with Crippen molar-refractivity contribution in [2.24, 2.45) is 0 Å². The predicted octanol–water partition coefficient (Wildman–Crippen LogP) is -0.424. The van der Waals surface area contributed by atoms with E-state index in [0.29, 0.717) is 11.8 Å². The van der Waals surface area contributed by atoms with E-state index in [1.165, 1.54) is 6.92 Å². The fraction of sp³-hybridized carbons (Fsp3) is 0.400. The van der Waals surface area contributed by atoms with Crippen molar-refractivity contribution in [2.45, 2.75) is 13.8 Å². The van der Waals surface area contributed by atoms with Crippen molar-refractivity contribution in [3.8, 4) is 0 Å². The molecule has 6 heteroatoms. The minimum atomic E-state index is -0.188. The number of nitrogens with one attached hydrogen (secondary N) is 3. The third kappa shape index (κ3) is 2.24. The van der Waals surface area contributed by atoms with E-state index in [0.717, 1.165) is 0 Å². The normalized spacial score (nSPS) is 9.27. The first-order chi connectivity index (χ1) is 5.18. The van der Waals surface area contributed by atoms with Crippen molar-refractivity contribution in [3.63, 3.8) is 0 Å². The molecule has 11 heavy (non-hydrogen) atoms. The third-order valence-corrected chi connectivity index (χ3v) is 0.948. The van der Waals surface area contributed by atoms with Gasteiger partial charge in [-0.15, -0.1) is 5.10 Å². The van der Waals surface area contributed by atoms with Crippen molar-refractivity contribution in [2.75, 3.05) is 5.43 Å². The van der Waals surface area contributed by atoms with Crippen LogP contribution in [0.15, 0.2) is 0 Å². The molecule has 1 aromatic heterocycles. The van der Waals surface area contributed by atoms with Crippen molar-refractivity contribution < 1.29 is 4.79 Å². The summed E-state index contributed by atoms with van der Waals surface area (Å²) < 4.78 is 0. The van der Waals surface area contributed by atoms with Crippen LogP contribution in [0.2, 0.25) is 0 Å². The predicted molar refractivity (Wildman–Crippen MR) is 38.6 cm³/mol. The van der Waals surface area contributed by atoms with Gasteiger partial charge in [-0.3, -0.25) is 20.7 Å². The van der Waals surface area contributed by atoms with Gasteiger partial charge in [0.25, 0.3) is 5.95 Å². The second-order valence-corrected chi connectivity index (χ2v) is 2.05. The summed E-state index contributed by atoms with van der Waals surface area (Å²) in [7, 11) is 0. The van der Waals surface area contributed by atoms with Crippen LogP contribution in [0, 0.1) is 6.92 Å². The Labute approximate surface area is 63.4 Å². The maximum atomic E-state index is 10.4. The molecule has 0 saturated carbocycles. The highest BCUT2D eigenvalue weighted by Gasteiger charge is 1.96. The Morgan fingerprint density at radius 1 is 1.64 bits per heavy atom. The van der Waals surface area contributed by atoms with Crippen LogP contribution >= 0.6 is 0 Å². The van der Waals surface area contributed by atoms with Gasteiger partial charge in [-0.05, 0) is 6.92 Å². The van der Waals surface area contributed by atoms with Crippen molar-refractivity contribution in [1.29, 1.82) is 0 Å². The quantitative estimate of drug-likeness (QED) is 0.506. The largest absolute Gasteiger partial charge is 0.274 e. The van der Waals surface area contributed by atoms with E-state index in [2.05, 4.69) is 26.0 Å². The first-order valence-corrected chi connectivity index (χ1v) is 3.10. The number of aromatic amines is 1. The van der Waals surface area contributed by atoms with Crippen LogP contribution in [-0.2, 0) is 4.79 Å². The second-order valence-electron chi connectivity index (χ2n) is 2.05. The fourth-order valence-electron chi connectivity index (χ4n) is 0.543. The van der Waals surface area contributed by atoms with E-state index in [1.54, 1.807) is 6.92 Å². The number of rotatable bonds is 2. The number of hydrogen-bond acceptors (Lipinski definition) is 4. The Kier molecular flexibility index (Phi) is 2.05. The number of anilines is 1. The highest BCUT2D eigenvalue weighted by molar-refractivity contribution is 5.73. The molecule has 0 unspecified atom stereocenters. The Morgan fingerprint density at radius 2 is 2.36 bits per heavy atom. The smallest absolute Gasteiger partial charge is 0.260 e. The summed E-state index contributed by atoms with van der Waals surface area (Å²) in [5.74, 6) is 0.864. The van der Waals surface area contributed by atoms with Crippen LogP contribution < -0.4 is 10.9 Å². The van der Waals surface area contributed by atoms with E-state index in [4.69, 9.17) is 0 Å². The molecule has 6 nitrogen and oxygen atoms in total. The molecular formula is C5H9N5O. The average molecular weight is 155 g/mol. The van der Waals surface area contributed by atoms with E-state index in [1.807, 2.05) is 0 Å². The molecule has 0 radical (unpaired) electrons. The summed E-state index contributed by atoms with van der Waals surface area (Å²) in [6.45, 7) is 3.17. The molecule has 1 heterocycles. The number of aryl methyl sites for hydroxylation is 1. The summed E-state index contributed by atoms with van der Waals surface area (Å²) >= 11 is 0. The van der Waals surface area contributed by atoms with Crippen LogP contribution in [0.3, 0.4) is 0 Å². The molecule has 60 valence electrons. The lowest BCUT2D eigenvalue weighted by Gasteiger charge is -1.98. The number of H-pyrrole nitrogens is 1. The van der Waals surface area contributed by atoms with Crippen LogP contribution in [0.5, 0.6) is 0 Å². The minimum absolute atomic E-state index is 0.188. The Bertz CT molecular complexity index is 255. The molecule has 3 N–H and O–H groups in total. The molecule has 1 rings (SSSR count). The molecule has 0 fully saturated rings. The van der Waals surface area contributed by atoms with Gasteiger partial charge in [-0.25, -0.2) is 0 Å². The maximum absolute atomic E-state index is 10.4. The van der Waals surface area contributed by atoms with Crippen LogP contribution in [-0.4, -0.2) is 21.1 Å². The second kappa shape index (κ2) is 3.00. The zero-order valence-electron chi connectivity index (χ0n) is 6.30. The Morgan fingerprint density at radius 3 is 2.82 bits per heavy atom. The third-order valence-electron chi connectivity index (χ3n) is 0.948. The van der Waals surface area contributed by atoms with Crippen molar-refractivity contribution in [1.82, 2.24) is 20.6 Å². The molecule has 0 aliphatic rings. The number of carbonyl (C=O) groups is 1. The lowest BCUT2D eigenvalue weighted by atomic mass is 10.7. The minimum Gasteiger partial charge on any atom is -0.274 e. The van der Waals surface area contributed by atoms with Gasteiger partial charge in [0.1, 0.15) is 5.82 Å². The molecule has 0 saturated heterocycles. The monoisotopic (exact) mass is 155 g/mol. The highest BCUT2D eigenvalue weighted by atomic mass is 16.2. The summed E-state index contributed by atoms with van der Waals surface area (Å²) in [6.07, 6.45) is 0. The van der Waals surface area contributed by atoms with Gasteiger partial charge in [0.15, 0.2) is 0 Å². The van der Waals surface area contributed by atoms with Crippen LogP contribution in [0.25, 0.3) is 0 Å². The summed E-state index contributed by atoms with van der Waals surface area (Å²) in [6, 6.07) is 0. The van der Waals surface area contributed by atoms with Gasteiger partial charge in [0.05, 0.1) is 0 Å². The maximum Gasteiger partial charge on any atom is 0.260 e. The molecule has 1 amide bonds. The van der Waals surface area contributed by atoms with Crippen molar-refractivity contribution >= 4 is 11.9 Å². The molecular weight excluding hydrogens is 146 g/mol. The lowest BCUT2D eigenvalue weighted by molar-refractivity contribution is -0.118. The standard InChI is InChI=1S/C5H9N5O/c1-3-6-5(9-7-3)10-8-4(2)11/h1-2H3,(H,8,11)(H2,6,7,9,10). The van der Waals surface area contributed by atoms with E-state index < -0.39 is 0 Å². The summed E-state index contributed by atoms with van der Waals surface area (Å²) in [5.41, 5.74) is 4.85.